The molecule has 2 atom stereocenters. The van der Waals surface area contributed by atoms with E-state index in [9.17, 15) is 0 Å². The van der Waals surface area contributed by atoms with E-state index in [1.807, 2.05) is 11.3 Å². The molecule has 6 heteroatoms. The number of nitrogens with zero attached hydrogens (tertiary/aromatic N) is 3. The fourth-order valence-corrected chi connectivity index (χ4v) is 13.9. The topological polar surface area (TPSA) is 24.6 Å². The Kier molecular flexibility index (Phi) is 9.77. The van der Waals surface area contributed by atoms with Crippen molar-refractivity contribution in [2.75, 3.05) is 9.80 Å². The Balaban J connectivity index is 1.16. The lowest BCUT2D eigenvalue weighted by Gasteiger charge is -2.50. The number of furan rings is 1. The first-order valence-corrected chi connectivity index (χ1v) is 27.1. The summed E-state index contributed by atoms with van der Waals surface area (Å²) in [6, 6.07) is 51.1. The van der Waals surface area contributed by atoms with Gasteiger partial charge in [0.05, 0.1) is 16.4 Å². The summed E-state index contributed by atoms with van der Waals surface area (Å²) < 4.78 is 12.5. The number of fused-ring (bicyclic) bond motifs is 12. The average molecular weight is 960 g/mol. The molecule has 360 valence electrons. The van der Waals surface area contributed by atoms with E-state index in [0.29, 0.717) is 5.92 Å². The van der Waals surface area contributed by atoms with Crippen molar-refractivity contribution in [1.82, 2.24) is 4.57 Å². The van der Waals surface area contributed by atoms with Crippen molar-refractivity contribution < 1.29 is 4.42 Å². The number of aromatic nitrogens is 1. The van der Waals surface area contributed by atoms with Crippen LogP contribution in [0.1, 0.15) is 117 Å². The second kappa shape index (κ2) is 15.5. The molecular weight excluding hydrogens is 894 g/mol. The van der Waals surface area contributed by atoms with Crippen molar-refractivity contribution in [3.63, 3.8) is 0 Å². The summed E-state index contributed by atoms with van der Waals surface area (Å²) in [6.07, 6.45) is 7.03. The van der Waals surface area contributed by atoms with Gasteiger partial charge in [0.1, 0.15) is 11.1 Å². The minimum absolute atomic E-state index is 0.0254. The normalized spacial score (nSPS) is 17.9. The highest BCUT2D eigenvalue weighted by atomic mass is 32.1. The first-order valence-electron chi connectivity index (χ1n) is 26.3. The lowest BCUT2D eigenvalue weighted by molar-refractivity contribution is 0.290. The summed E-state index contributed by atoms with van der Waals surface area (Å²) in [5, 5.41) is 3.81. The molecule has 9 aromatic rings. The number of anilines is 4. The molecule has 0 amide bonds. The molecule has 72 heavy (non-hydrogen) atoms. The monoisotopic (exact) mass is 960 g/mol. The Morgan fingerprint density at radius 3 is 1.88 bits per heavy atom. The molecule has 0 saturated carbocycles. The van der Waals surface area contributed by atoms with Crippen molar-refractivity contribution in [3.8, 4) is 0 Å². The van der Waals surface area contributed by atoms with Crippen molar-refractivity contribution in [3.05, 3.63) is 185 Å². The van der Waals surface area contributed by atoms with Crippen LogP contribution in [-0.4, -0.2) is 17.3 Å². The minimum atomic E-state index is -0.0557. The number of hydrogen-bond acceptors (Lipinski definition) is 4. The van der Waals surface area contributed by atoms with E-state index in [1.165, 1.54) is 110 Å². The van der Waals surface area contributed by atoms with Gasteiger partial charge in [-0.05, 0) is 128 Å². The van der Waals surface area contributed by atoms with E-state index in [2.05, 4.69) is 243 Å². The van der Waals surface area contributed by atoms with Crippen molar-refractivity contribution in [2.24, 2.45) is 11.3 Å². The van der Waals surface area contributed by atoms with Crippen LogP contribution in [0.3, 0.4) is 0 Å². The largest absolute Gasteiger partial charge is 0.454 e. The molecule has 2 unspecified atom stereocenters. The Hall–Kier alpha value is -6.50. The van der Waals surface area contributed by atoms with Gasteiger partial charge in [-0.15, -0.1) is 11.3 Å². The Labute approximate surface area is 430 Å². The molecule has 0 bridgehead atoms. The third-order valence-corrected chi connectivity index (χ3v) is 17.9. The summed E-state index contributed by atoms with van der Waals surface area (Å²) in [6.45, 7) is 28.3. The van der Waals surface area contributed by atoms with Gasteiger partial charge in [0.25, 0.3) is 0 Å². The fraction of sp³-hybridized carbons (Fsp3) is 0.303. The van der Waals surface area contributed by atoms with Crippen LogP contribution in [0, 0.1) is 11.3 Å². The van der Waals surface area contributed by atoms with Crippen molar-refractivity contribution in [2.45, 2.75) is 118 Å². The van der Waals surface area contributed by atoms with E-state index in [4.69, 9.17) is 4.42 Å². The minimum Gasteiger partial charge on any atom is -0.454 e. The van der Waals surface area contributed by atoms with Crippen LogP contribution in [0.15, 0.2) is 161 Å². The zero-order valence-electron chi connectivity index (χ0n) is 44.2. The summed E-state index contributed by atoms with van der Waals surface area (Å²) in [7, 11) is 0. The van der Waals surface area contributed by atoms with Crippen LogP contribution in [0.5, 0.6) is 0 Å². The van der Waals surface area contributed by atoms with Crippen LogP contribution in [0.2, 0.25) is 0 Å². The Morgan fingerprint density at radius 1 is 0.611 bits per heavy atom. The number of para-hydroxylation sites is 1. The molecule has 4 nitrogen and oxygen atoms in total. The van der Waals surface area contributed by atoms with E-state index >= 15 is 0 Å². The van der Waals surface area contributed by atoms with Crippen LogP contribution < -0.4 is 15.3 Å². The van der Waals surface area contributed by atoms with Crippen molar-refractivity contribution in [1.29, 1.82) is 0 Å². The second-order valence-corrected chi connectivity index (χ2v) is 26.5. The predicted molar refractivity (Wildman–Crippen MR) is 310 cm³/mol. The maximum absolute atomic E-state index is 7.13. The van der Waals surface area contributed by atoms with Gasteiger partial charge in [0, 0.05) is 67.0 Å². The predicted octanol–water partition coefficient (Wildman–Crippen LogP) is 17.6. The summed E-state index contributed by atoms with van der Waals surface area (Å²) >= 11 is 1.94. The van der Waals surface area contributed by atoms with Crippen LogP contribution in [0.25, 0.3) is 53.4 Å². The third kappa shape index (κ3) is 6.84. The van der Waals surface area contributed by atoms with Gasteiger partial charge in [-0.3, -0.25) is 0 Å². The second-order valence-electron chi connectivity index (χ2n) is 25.4. The summed E-state index contributed by atoms with van der Waals surface area (Å²) in [5.41, 5.74) is 21.7. The van der Waals surface area contributed by atoms with E-state index < -0.39 is 0 Å². The average Bonchev–Trinajstić information content (AvgIpc) is 4.02. The first-order chi connectivity index (χ1) is 34.2. The van der Waals surface area contributed by atoms with Gasteiger partial charge < -0.3 is 18.8 Å². The molecule has 6 aromatic carbocycles. The molecule has 0 saturated heterocycles. The van der Waals surface area contributed by atoms with E-state index in [-0.39, 0.29) is 34.4 Å². The van der Waals surface area contributed by atoms with Gasteiger partial charge in [-0.2, -0.15) is 0 Å². The zero-order chi connectivity index (χ0) is 50.0. The molecule has 2 aliphatic carbocycles. The molecule has 13 rings (SSSR count). The molecule has 4 aliphatic rings. The highest BCUT2D eigenvalue weighted by molar-refractivity contribution is 7.26. The number of hydrogen-bond donors (Lipinski definition) is 0. The molecule has 0 fully saturated rings. The molecule has 5 heterocycles. The fourth-order valence-electron chi connectivity index (χ4n) is 12.7. The van der Waals surface area contributed by atoms with Gasteiger partial charge in [-0.1, -0.05) is 168 Å². The smallest absolute Gasteiger partial charge is 0.247 e. The van der Waals surface area contributed by atoms with Crippen LogP contribution >= 0.6 is 11.3 Å². The number of allylic oxidation sites excluding steroid dienone is 3. The molecule has 3 aromatic heterocycles. The summed E-state index contributed by atoms with van der Waals surface area (Å²) in [5.74, 6) is 0.327. The first kappa shape index (κ1) is 45.4. The van der Waals surface area contributed by atoms with E-state index in [1.54, 1.807) is 0 Å². The molecule has 2 aliphatic heterocycles. The number of benzene rings is 6. The zero-order valence-corrected chi connectivity index (χ0v) is 45.0. The van der Waals surface area contributed by atoms with Gasteiger partial charge in [0.2, 0.25) is 6.71 Å². The van der Waals surface area contributed by atoms with Gasteiger partial charge >= 0.3 is 0 Å². The lowest BCUT2D eigenvalue weighted by atomic mass is 9.30. The molecule has 0 spiro atoms. The summed E-state index contributed by atoms with van der Waals surface area (Å²) in [4.78, 5) is 5.38. The van der Waals surface area contributed by atoms with Crippen molar-refractivity contribution >= 4 is 99.7 Å². The molecule has 0 N–H and O–H groups in total. The molecule has 0 radical (unpaired) electrons. The standard InChI is InChI=1S/C66H66BN3OS/c1-63(2,3)39-24-29-43(30-25-39)68(44-31-26-40(27-32-44)64(4,5)6)45-37-54-58-55(38-45)70-59-49(61-60(70)48-19-13-15-22-56(48)71-61)34-42(66(10,11)12)35-51(59)67(58)50-33-28-41(65(7,8)9)36-53(50)69(54)52-21-17-20-47-46-18-14-16-23-57(46)72-62(47)52/h13-33,35-36,38,42,54H,34,37H2,1-12H3. The van der Waals surface area contributed by atoms with Gasteiger partial charge in [-0.25, -0.2) is 0 Å². The third-order valence-electron chi connectivity index (χ3n) is 16.7. The quantitative estimate of drug-likeness (QED) is 0.164. The number of thiophene rings is 1. The molecular formula is C66H66BN3OS. The van der Waals surface area contributed by atoms with Gasteiger partial charge in [0.15, 0.2) is 5.58 Å². The SMILES string of the molecule is CC(C)(C)c1ccc(N(C2=CC3=C4B(C5=CC(C(C)(C)C)Cc6c5n3c3c6oc5ccccc53)c3ccc(C(C)(C)C)cc3N(c3cccc5c3sc3ccccc35)C4C2)c2ccc(C(C)(C)C)cc2)cc1. The van der Waals surface area contributed by atoms with Crippen LogP contribution in [-0.2, 0) is 22.7 Å². The Morgan fingerprint density at radius 2 is 1.22 bits per heavy atom. The Bertz CT molecular complexity index is 3750. The highest BCUT2D eigenvalue weighted by Crippen LogP contribution is 2.57. The lowest BCUT2D eigenvalue weighted by Crippen LogP contribution is -2.56. The maximum Gasteiger partial charge on any atom is 0.247 e. The van der Waals surface area contributed by atoms with E-state index in [0.717, 1.165) is 24.0 Å². The maximum atomic E-state index is 7.13. The number of rotatable bonds is 4. The van der Waals surface area contributed by atoms with Crippen LogP contribution in [0.4, 0.5) is 22.7 Å². The highest BCUT2D eigenvalue weighted by Gasteiger charge is 2.52.